The molecule has 0 spiro atoms. The predicted molar refractivity (Wildman–Crippen MR) is 219 cm³/mol. The van der Waals surface area contributed by atoms with E-state index in [1.165, 1.54) is 11.9 Å². The number of anilines is 1. The molecule has 302 valence electrons. The highest BCUT2D eigenvalue weighted by Gasteiger charge is 2.45. The van der Waals surface area contributed by atoms with E-state index >= 15 is 4.39 Å². The van der Waals surface area contributed by atoms with E-state index < -0.39 is 17.8 Å². The zero-order valence-electron chi connectivity index (χ0n) is 33.3. The number of carbonyl (C=O) groups excluding carboxylic acids is 3. The van der Waals surface area contributed by atoms with E-state index in [4.69, 9.17) is 4.52 Å². The first-order valence-corrected chi connectivity index (χ1v) is 20.7. The number of carbonyl (C=O) groups is 3. The van der Waals surface area contributed by atoms with E-state index in [2.05, 4.69) is 88.0 Å². The Bertz CT molecular complexity index is 2640. The molecule has 2 atom stereocenters. The second kappa shape index (κ2) is 14.4. The zero-order valence-corrected chi connectivity index (χ0v) is 33.3. The van der Waals surface area contributed by atoms with Crippen molar-refractivity contribution in [2.75, 3.05) is 31.1 Å². The number of rotatable bonds is 9. The van der Waals surface area contributed by atoms with Crippen LogP contribution in [0.5, 0.6) is 0 Å². The molecule has 59 heavy (non-hydrogen) atoms. The molecule has 5 heterocycles. The summed E-state index contributed by atoms with van der Waals surface area (Å²) in [6, 6.07) is 18.4. The molecule has 10 rings (SSSR count). The molecule has 0 bridgehead atoms. The molecule has 3 aromatic heterocycles. The number of aromatic nitrogens is 5. The van der Waals surface area contributed by atoms with Crippen molar-refractivity contribution in [2.24, 2.45) is 0 Å². The summed E-state index contributed by atoms with van der Waals surface area (Å²) in [5.74, 6) is -0.543. The Hall–Kier alpha value is -6.02. The molecule has 4 aliphatic rings. The monoisotopic (exact) mass is 795 g/mol. The molecule has 13 nitrogen and oxygen atoms in total. The minimum absolute atomic E-state index is 0.0274. The third kappa shape index (κ3) is 6.72. The minimum Gasteiger partial charge on any atom is -0.369 e. The number of amides is 3. The SMILES string of the molecule is Cc1c([C@@H](C)NC(=O)c2noc(C3(C)CC3)n2)ccc(-c2ncnc3[nH]c4cc(N5CCN(C6CC(c7ccc([C@H]8CCC(=O)NC8=O)cc7)C6)CC5)ccc4c23)c1F. The van der Waals surface area contributed by atoms with E-state index in [0.29, 0.717) is 58.7 Å². The third-order valence-electron chi connectivity index (χ3n) is 13.4. The molecule has 3 N–H and O–H groups in total. The Morgan fingerprint density at radius 1 is 1.00 bits per heavy atom. The number of fused-ring (bicyclic) bond motifs is 3. The van der Waals surface area contributed by atoms with E-state index in [1.54, 1.807) is 19.9 Å². The number of nitrogens with zero attached hydrogens (tertiary/aromatic N) is 6. The summed E-state index contributed by atoms with van der Waals surface area (Å²) >= 11 is 0. The summed E-state index contributed by atoms with van der Waals surface area (Å²) < 4.78 is 21.7. The number of H-pyrrole nitrogens is 1. The summed E-state index contributed by atoms with van der Waals surface area (Å²) in [5.41, 5.74) is 6.75. The van der Waals surface area contributed by atoms with Gasteiger partial charge in [-0.25, -0.2) is 14.4 Å². The summed E-state index contributed by atoms with van der Waals surface area (Å²) in [6.45, 7) is 9.37. The number of hydrogen-bond donors (Lipinski definition) is 3. The van der Waals surface area contributed by atoms with Crippen LogP contribution in [0.25, 0.3) is 33.2 Å². The maximum absolute atomic E-state index is 16.3. The zero-order chi connectivity index (χ0) is 40.6. The number of aromatic amines is 1. The van der Waals surface area contributed by atoms with Gasteiger partial charge in [0.15, 0.2) is 0 Å². The maximum Gasteiger partial charge on any atom is 0.293 e. The number of nitrogens with one attached hydrogen (secondary N) is 3. The molecular weight excluding hydrogens is 750 g/mol. The van der Waals surface area contributed by atoms with Crippen LogP contribution in [-0.2, 0) is 15.0 Å². The molecule has 3 amide bonds. The van der Waals surface area contributed by atoms with E-state index in [1.807, 2.05) is 13.0 Å². The maximum atomic E-state index is 16.3. The third-order valence-corrected chi connectivity index (χ3v) is 13.4. The number of piperazine rings is 1. The smallest absolute Gasteiger partial charge is 0.293 e. The Labute approximate surface area is 340 Å². The van der Waals surface area contributed by atoms with E-state index in [-0.39, 0.29) is 29.0 Å². The summed E-state index contributed by atoms with van der Waals surface area (Å²) in [5, 5.41) is 10.9. The van der Waals surface area contributed by atoms with Crippen LogP contribution in [0.1, 0.15) is 109 Å². The van der Waals surface area contributed by atoms with Crippen molar-refractivity contribution in [3.05, 3.63) is 101 Å². The summed E-state index contributed by atoms with van der Waals surface area (Å²) in [4.78, 5) is 58.8. The molecule has 0 radical (unpaired) electrons. The fourth-order valence-electron chi connectivity index (χ4n) is 9.29. The van der Waals surface area contributed by atoms with Crippen LogP contribution < -0.4 is 15.5 Å². The summed E-state index contributed by atoms with van der Waals surface area (Å²) in [6.07, 6.45) is 6.58. The van der Waals surface area contributed by atoms with Gasteiger partial charge in [0.2, 0.25) is 17.7 Å². The van der Waals surface area contributed by atoms with Crippen LogP contribution >= 0.6 is 0 Å². The van der Waals surface area contributed by atoms with E-state index in [0.717, 1.165) is 79.4 Å². The molecule has 4 fully saturated rings. The number of imide groups is 1. The van der Waals surface area contributed by atoms with Gasteiger partial charge >= 0.3 is 0 Å². The standard InChI is InChI=1S/C45H46FN9O4/c1-24-31(25(2)49-43(58)41-52-44(59-53-41)45(3)14-15-45)10-11-34(38(24)46)39-37-33-9-8-29(22-35(33)50-40(37)48-23-47-39)54-16-18-55(19-17-54)30-20-28(21-30)26-4-6-27(7-5-26)32-12-13-36(56)51-42(32)57/h4-11,22-23,25,28,30,32H,12-21H2,1-3H3,(H,49,58)(H,47,48,50)(H,51,56,57)/t25-,28?,30?,32-/m1/s1. The van der Waals surface area contributed by atoms with Gasteiger partial charge in [-0.3, -0.25) is 24.6 Å². The second-order valence-corrected chi connectivity index (χ2v) is 17.1. The van der Waals surface area contributed by atoms with Crippen molar-refractivity contribution < 1.29 is 23.3 Å². The fraction of sp³-hybridized carbons (Fsp3) is 0.400. The van der Waals surface area contributed by atoms with Gasteiger partial charge in [0.05, 0.1) is 23.0 Å². The lowest BCUT2D eigenvalue weighted by Gasteiger charge is -2.47. The number of halogens is 1. The first kappa shape index (κ1) is 37.3. The van der Waals surface area contributed by atoms with Gasteiger partial charge in [0.25, 0.3) is 11.7 Å². The number of piperidine rings is 1. The van der Waals surface area contributed by atoms with Crippen molar-refractivity contribution >= 4 is 45.3 Å². The molecule has 2 saturated carbocycles. The minimum atomic E-state index is -0.507. The van der Waals surface area contributed by atoms with Crippen molar-refractivity contribution in [1.82, 2.24) is 40.6 Å². The van der Waals surface area contributed by atoms with Crippen molar-refractivity contribution in [1.29, 1.82) is 0 Å². The lowest BCUT2D eigenvalue weighted by atomic mass is 9.74. The Kier molecular flexibility index (Phi) is 9.07. The van der Waals surface area contributed by atoms with Gasteiger partial charge < -0.3 is 19.7 Å². The van der Waals surface area contributed by atoms with Crippen LogP contribution in [0.15, 0.2) is 65.4 Å². The molecule has 2 aliphatic carbocycles. The van der Waals surface area contributed by atoms with Crippen LogP contribution in [0, 0.1) is 12.7 Å². The first-order valence-electron chi connectivity index (χ1n) is 20.7. The molecule has 2 saturated heterocycles. The van der Waals surface area contributed by atoms with Crippen molar-refractivity contribution in [3.8, 4) is 11.3 Å². The fourth-order valence-corrected chi connectivity index (χ4v) is 9.29. The lowest BCUT2D eigenvalue weighted by Crippen LogP contribution is -2.53. The van der Waals surface area contributed by atoms with Crippen molar-refractivity contribution in [2.45, 2.75) is 88.6 Å². The molecule has 14 heteroatoms. The molecular formula is C45H46FN9O4. The molecule has 0 unspecified atom stereocenters. The average Bonchev–Trinajstić information content (AvgIpc) is 3.59. The Balaban J connectivity index is 0.788. The van der Waals surface area contributed by atoms with Gasteiger partial charge in [-0.2, -0.15) is 4.98 Å². The second-order valence-electron chi connectivity index (χ2n) is 17.1. The van der Waals surface area contributed by atoms with Crippen LogP contribution in [0.4, 0.5) is 10.1 Å². The number of hydrogen-bond acceptors (Lipinski definition) is 10. The van der Waals surface area contributed by atoms with Gasteiger partial charge in [0.1, 0.15) is 17.8 Å². The van der Waals surface area contributed by atoms with Gasteiger partial charge in [-0.05, 0) is 92.3 Å². The summed E-state index contributed by atoms with van der Waals surface area (Å²) in [7, 11) is 0. The topological polar surface area (TPSA) is 162 Å². The van der Waals surface area contributed by atoms with Crippen LogP contribution in [-0.4, -0.2) is 79.9 Å². The van der Waals surface area contributed by atoms with Gasteiger partial charge in [0, 0.05) is 66.2 Å². The van der Waals surface area contributed by atoms with E-state index in [9.17, 15) is 14.4 Å². The molecule has 6 aromatic rings. The quantitative estimate of drug-likeness (QED) is 0.134. The Morgan fingerprint density at radius 3 is 2.51 bits per heavy atom. The lowest BCUT2D eigenvalue weighted by molar-refractivity contribution is -0.134. The van der Waals surface area contributed by atoms with Crippen LogP contribution in [0.3, 0.4) is 0 Å². The predicted octanol–water partition coefficient (Wildman–Crippen LogP) is 6.74. The molecule has 3 aromatic carbocycles. The number of benzene rings is 3. The van der Waals surface area contributed by atoms with Gasteiger partial charge in [-0.1, -0.05) is 48.5 Å². The van der Waals surface area contributed by atoms with Gasteiger partial charge in [-0.15, -0.1) is 0 Å². The Morgan fingerprint density at radius 2 is 1.76 bits per heavy atom. The highest BCUT2D eigenvalue weighted by atomic mass is 19.1. The van der Waals surface area contributed by atoms with Crippen LogP contribution in [0.2, 0.25) is 0 Å². The average molecular weight is 796 g/mol. The highest BCUT2D eigenvalue weighted by Crippen LogP contribution is 2.47. The normalized spacial score (nSPS) is 22.3. The highest BCUT2D eigenvalue weighted by molar-refractivity contribution is 6.12. The first-order chi connectivity index (χ1) is 28.5. The largest absolute Gasteiger partial charge is 0.369 e. The van der Waals surface area contributed by atoms with Crippen molar-refractivity contribution in [3.63, 3.8) is 0 Å². The molecule has 2 aliphatic heterocycles.